The molecule has 1 saturated heterocycles. The smallest absolute Gasteiger partial charge is 0.381 e. The molecule has 0 atom stereocenters. The zero-order valence-electron chi connectivity index (χ0n) is 11.9. The minimum atomic E-state index is 0. The molecule has 0 aromatic heterocycles. The molecule has 0 N–H and O–H groups in total. The fourth-order valence-corrected chi connectivity index (χ4v) is 2.16. The first kappa shape index (κ1) is 21.8. The molecule has 1 saturated carbocycles. The van der Waals surface area contributed by atoms with Crippen LogP contribution < -0.4 is 51.4 Å². The summed E-state index contributed by atoms with van der Waals surface area (Å²) in [6.45, 7) is 12.3. The van der Waals surface area contributed by atoms with Crippen LogP contribution in [-0.4, -0.2) is 13.2 Å². The van der Waals surface area contributed by atoms with Crippen molar-refractivity contribution in [2.75, 3.05) is 13.2 Å². The van der Waals surface area contributed by atoms with Crippen LogP contribution in [0.1, 0.15) is 53.9 Å². The molecular formula is C13H28KO-. The van der Waals surface area contributed by atoms with E-state index in [0.717, 1.165) is 13.2 Å². The van der Waals surface area contributed by atoms with Gasteiger partial charge >= 0.3 is 51.4 Å². The third kappa shape index (κ3) is 6.80. The van der Waals surface area contributed by atoms with Gasteiger partial charge in [0, 0.05) is 13.2 Å². The maximum absolute atomic E-state index is 5.34. The van der Waals surface area contributed by atoms with Gasteiger partial charge in [0.05, 0.1) is 0 Å². The van der Waals surface area contributed by atoms with E-state index in [1.807, 2.05) is 27.7 Å². The molecule has 1 aliphatic carbocycles. The number of hydrogen-bond acceptors (Lipinski definition) is 1. The molecule has 0 amide bonds. The minimum Gasteiger partial charge on any atom is -0.381 e. The summed E-state index contributed by atoms with van der Waals surface area (Å²) in [5.41, 5.74) is 0.629. The molecule has 1 nitrogen and oxygen atoms in total. The van der Waals surface area contributed by atoms with Gasteiger partial charge in [-0.05, 0) is 6.42 Å². The van der Waals surface area contributed by atoms with Crippen LogP contribution in [0.15, 0.2) is 0 Å². The first-order valence-electron chi connectivity index (χ1n) is 5.70. The van der Waals surface area contributed by atoms with Crippen LogP contribution in [0.2, 0.25) is 0 Å². The van der Waals surface area contributed by atoms with Crippen molar-refractivity contribution >= 4 is 0 Å². The number of ether oxygens (including phenoxy) is 1. The topological polar surface area (TPSA) is 9.23 Å². The maximum atomic E-state index is 5.34. The summed E-state index contributed by atoms with van der Waals surface area (Å²) >= 11 is 0. The van der Waals surface area contributed by atoms with Crippen molar-refractivity contribution in [3.8, 4) is 0 Å². The normalized spacial score (nSPS) is 20.6. The molecule has 15 heavy (non-hydrogen) atoms. The Kier molecular flexibility index (Phi) is 17.6. The van der Waals surface area contributed by atoms with Gasteiger partial charge in [0.25, 0.3) is 0 Å². The van der Waals surface area contributed by atoms with E-state index in [1.165, 1.54) is 19.3 Å². The van der Waals surface area contributed by atoms with Gasteiger partial charge in [-0.2, -0.15) is 19.8 Å². The molecule has 0 bridgehead atoms. The van der Waals surface area contributed by atoms with Gasteiger partial charge in [0.2, 0.25) is 0 Å². The van der Waals surface area contributed by atoms with Crippen molar-refractivity contribution in [3.63, 3.8) is 0 Å². The molecule has 0 unspecified atom stereocenters. The molecule has 0 aromatic rings. The van der Waals surface area contributed by atoms with Crippen molar-refractivity contribution in [1.29, 1.82) is 0 Å². The molecule has 0 aromatic carbocycles. The Labute approximate surface area is 140 Å². The van der Waals surface area contributed by atoms with Crippen LogP contribution in [0.4, 0.5) is 0 Å². The predicted molar refractivity (Wildman–Crippen MR) is 65.1 cm³/mol. The molecule has 2 rings (SSSR count). The average Bonchev–Trinajstić information content (AvgIpc) is 2.60. The Hall–Kier alpha value is 1.60. The van der Waals surface area contributed by atoms with Crippen LogP contribution in [0, 0.1) is 18.8 Å². The van der Waals surface area contributed by atoms with Gasteiger partial charge in [-0.3, -0.25) is 0 Å². The van der Waals surface area contributed by atoms with Gasteiger partial charge in [-0.25, -0.2) is 0 Å². The summed E-state index contributed by atoms with van der Waals surface area (Å²) in [5.74, 6) is 1.67. The zero-order chi connectivity index (χ0) is 10.3. The van der Waals surface area contributed by atoms with Crippen LogP contribution in [-0.2, 0) is 4.74 Å². The Balaban J connectivity index is -0.000000218. The second-order valence-corrected chi connectivity index (χ2v) is 3.61. The second kappa shape index (κ2) is 12.1. The first-order chi connectivity index (χ1) is 6.31. The predicted octanol–water partition coefficient (Wildman–Crippen LogP) is 1.29. The third-order valence-electron chi connectivity index (χ3n) is 2.54. The summed E-state index contributed by atoms with van der Waals surface area (Å²) < 4.78 is 5.34. The zero-order valence-corrected chi connectivity index (χ0v) is 15.1. The van der Waals surface area contributed by atoms with E-state index in [1.54, 1.807) is 5.92 Å². The van der Waals surface area contributed by atoms with Gasteiger partial charge in [-0.15, -0.1) is 0 Å². The SMILES string of the molecule is CC.CC.C[C-]1CC2(CCOC2)C1.[CH3-].[K+]. The summed E-state index contributed by atoms with van der Waals surface area (Å²) in [6.07, 6.45) is 3.99. The van der Waals surface area contributed by atoms with Gasteiger partial charge in [0.15, 0.2) is 0 Å². The number of rotatable bonds is 0. The van der Waals surface area contributed by atoms with Crippen molar-refractivity contribution in [1.82, 2.24) is 0 Å². The van der Waals surface area contributed by atoms with Gasteiger partial charge < -0.3 is 18.1 Å². The summed E-state index contributed by atoms with van der Waals surface area (Å²) in [6, 6.07) is 0. The Morgan fingerprint density at radius 2 is 1.53 bits per heavy atom. The van der Waals surface area contributed by atoms with E-state index in [4.69, 9.17) is 4.74 Å². The van der Waals surface area contributed by atoms with Crippen LogP contribution in [0.25, 0.3) is 0 Å². The first-order valence-corrected chi connectivity index (χ1v) is 5.70. The van der Waals surface area contributed by atoms with Crippen LogP contribution >= 0.6 is 0 Å². The largest absolute Gasteiger partial charge is 1.00 e. The van der Waals surface area contributed by atoms with Crippen molar-refractivity contribution in [3.05, 3.63) is 13.3 Å². The number of hydrogen-bond donors (Lipinski definition) is 0. The average molecular weight is 239 g/mol. The Morgan fingerprint density at radius 1 is 1.07 bits per heavy atom. The summed E-state index contributed by atoms with van der Waals surface area (Å²) in [5, 5.41) is 0. The standard InChI is InChI=1S/C8H13O.2C2H6.CH3.K/c1-7-4-8(5-7)2-3-9-6-8;2*1-2;;/h2-6H2,1H3;2*1-2H3;1H3;/q-1;;;-1;+1. The van der Waals surface area contributed by atoms with Crippen LogP contribution in [0.3, 0.4) is 0 Å². The van der Waals surface area contributed by atoms with Crippen molar-refractivity contribution in [2.45, 2.75) is 53.9 Å². The van der Waals surface area contributed by atoms with E-state index in [2.05, 4.69) is 6.92 Å². The fourth-order valence-electron chi connectivity index (χ4n) is 2.16. The third-order valence-corrected chi connectivity index (χ3v) is 2.54. The van der Waals surface area contributed by atoms with E-state index < -0.39 is 0 Å². The second-order valence-electron chi connectivity index (χ2n) is 3.61. The Bertz CT molecular complexity index is 112. The van der Waals surface area contributed by atoms with E-state index >= 15 is 0 Å². The molecule has 1 heterocycles. The minimum absolute atomic E-state index is 0. The molecule has 2 fully saturated rings. The van der Waals surface area contributed by atoms with Gasteiger partial charge in [0.1, 0.15) is 0 Å². The molecule has 2 heteroatoms. The van der Waals surface area contributed by atoms with Gasteiger partial charge in [-0.1, -0.05) is 33.1 Å². The molecule has 1 spiro atoms. The fraction of sp³-hybridized carbons (Fsp3) is 0.846. The van der Waals surface area contributed by atoms with E-state index in [-0.39, 0.29) is 58.8 Å². The van der Waals surface area contributed by atoms with Crippen molar-refractivity contribution in [2.24, 2.45) is 5.41 Å². The van der Waals surface area contributed by atoms with E-state index in [9.17, 15) is 0 Å². The summed E-state index contributed by atoms with van der Waals surface area (Å²) in [7, 11) is 0. The van der Waals surface area contributed by atoms with Crippen LogP contribution in [0.5, 0.6) is 0 Å². The molecule has 88 valence electrons. The quantitative estimate of drug-likeness (QED) is 0.457. The molecule has 0 radical (unpaired) electrons. The maximum Gasteiger partial charge on any atom is 1.00 e. The molecule has 2 aliphatic rings. The monoisotopic (exact) mass is 239 g/mol. The summed E-state index contributed by atoms with van der Waals surface area (Å²) in [4.78, 5) is 0. The molecular weight excluding hydrogens is 211 g/mol. The van der Waals surface area contributed by atoms with Crippen molar-refractivity contribution < 1.29 is 56.1 Å². The Morgan fingerprint density at radius 3 is 1.80 bits per heavy atom. The molecule has 1 aliphatic heterocycles. The van der Waals surface area contributed by atoms with E-state index in [0.29, 0.717) is 5.41 Å².